The van der Waals surface area contributed by atoms with E-state index in [1.165, 1.54) is 6.92 Å². The molecule has 28 heavy (non-hydrogen) atoms. The van der Waals surface area contributed by atoms with Gasteiger partial charge in [0.05, 0.1) is 12.6 Å². The van der Waals surface area contributed by atoms with Crippen molar-refractivity contribution in [2.45, 2.75) is 57.1 Å². The maximum atomic E-state index is 11.8. The van der Waals surface area contributed by atoms with Gasteiger partial charge in [0.15, 0.2) is 12.0 Å². The second-order valence-corrected chi connectivity index (χ2v) is 6.62. The van der Waals surface area contributed by atoms with E-state index in [0.29, 0.717) is 0 Å². The number of aromatic nitrogens is 2. The molecule has 0 unspecified atom stereocenters. The van der Waals surface area contributed by atoms with Crippen LogP contribution in [-0.4, -0.2) is 62.1 Å². The van der Waals surface area contributed by atoms with E-state index in [4.69, 9.17) is 4.74 Å². The number of aromatic amines is 1. The van der Waals surface area contributed by atoms with Crippen LogP contribution in [0.15, 0.2) is 21.9 Å². The molecule has 4 atom stereocenters. The van der Waals surface area contributed by atoms with Crippen LogP contribution in [-0.2, 0) is 19.1 Å². The zero-order valence-corrected chi connectivity index (χ0v) is 15.3. The highest BCUT2D eigenvalue weighted by molar-refractivity contribution is 5.88. The van der Waals surface area contributed by atoms with Crippen LogP contribution in [0.3, 0.4) is 0 Å². The molecule has 2 heterocycles. The van der Waals surface area contributed by atoms with Gasteiger partial charge in [-0.05, 0) is 13.3 Å². The van der Waals surface area contributed by atoms with E-state index in [-0.39, 0.29) is 43.8 Å². The van der Waals surface area contributed by atoms with Crippen molar-refractivity contribution in [1.82, 2.24) is 14.9 Å². The Labute approximate surface area is 159 Å². The molecule has 1 aromatic rings. The Morgan fingerprint density at radius 3 is 2.54 bits per heavy atom. The van der Waals surface area contributed by atoms with Crippen LogP contribution in [0.25, 0.3) is 0 Å². The lowest BCUT2D eigenvalue weighted by Gasteiger charge is -2.16. The molecule has 1 amide bonds. The molecule has 1 saturated heterocycles. The first kappa shape index (κ1) is 21.7. The molecule has 1 aliphatic rings. The van der Waals surface area contributed by atoms with E-state index < -0.39 is 41.7 Å². The smallest absolute Gasteiger partial charge is 0.330 e. The molecule has 0 aromatic carbocycles. The van der Waals surface area contributed by atoms with E-state index in [1.54, 1.807) is 0 Å². The number of amides is 1. The molecule has 1 aliphatic heterocycles. The number of hydrogen-bond acceptors (Lipinski definition) is 8. The highest BCUT2D eigenvalue weighted by Gasteiger charge is 2.43. The summed E-state index contributed by atoms with van der Waals surface area (Å²) < 4.78 is 6.44. The molecule has 0 aliphatic carbocycles. The van der Waals surface area contributed by atoms with Crippen molar-refractivity contribution in [2.75, 3.05) is 6.54 Å². The summed E-state index contributed by atoms with van der Waals surface area (Å²) >= 11 is 0. The van der Waals surface area contributed by atoms with E-state index in [2.05, 4.69) is 5.32 Å². The molecule has 0 saturated carbocycles. The fourth-order valence-electron chi connectivity index (χ4n) is 2.79. The molecule has 154 valence electrons. The average molecular weight is 397 g/mol. The summed E-state index contributed by atoms with van der Waals surface area (Å²) in [6.07, 6.45) is -3.61. The van der Waals surface area contributed by atoms with Gasteiger partial charge in [-0.15, -0.1) is 0 Å². The Balaban J connectivity index is 1.85. The summed E-state index contributed by atoms with van der Waals surface area (Å²) in [7, 11) is 0. The highest BCUT2D eigenvalue weighted by atomic mass is 16.6. The van der Waals surface area contributed by atoms with E-state index in [1.807, 2.05) is 4.98 Å². The standard InChI is InChI=1S/C17H23N3O8/c1-9(21)2-3-10(22)8-18-12(23)5-4-11-14(25)15(26)16(28-11)20-7-6-13(24)19-17(20)27/h6-7,11,14-16,25-26H,2-5,8H2,1H3,(H,18,23)(H,19,24,27)/t11-,14-,15-,16-/m1/s1. The topological polar surface area (TPSA) is 168 Å². The second-order valence-electron chi connectivity index (χ2n) is 6.62. The Morgan fingerprint density at radius 1 is 1.18 bits per heavy atom. The number of rotatable bonds is 9. The molecule has 11 heteroatoms. The number of Topliss-reactive ketones (excluding diaryl/α,β-unsaturated/α-hetero) is 2. The number of carbonyl (C=O) groups excluding carboxylic acids is 3. The minimum atomic E-state index is -1.43. The van der Waals surface area contributed by atoms with E-state index in [9.17, 15) is 34.2 Å². The third-order valence-electron chi connectivity index (χ3n) is 4.36. The van der Waals surface area contributed by atoms with Gasteiger partial charge in [0.25, 0.3) is 5.56 Å². The SMILES string of the molecule is CC(=O)CCC(=O)CNC(=O)CC[C@H]1O[C@@H](n2ccc(=O)[nH]c2=O)[C@H](O)[C@@H]1O. The Bertz CT molecular complexity index is 845. The molecule has 1 fully saturated rings. The molecular weight excluding hydrogens is 374 g/mol. The number of nitrogens with zero attached hydrogens (tertiary/aromatic N) is 1. The van der Waals surface area contributed by atoms with Gasteiger partial charge in [-0.1, -0.05) is 0 Å². The predicted molar refractivity (Wildman–Crippen MR) is 94.4 cm³/mol. The van der Waals surface area contributed by atoms with Gasteiger partial charge in [0, 0.05) is 31.5 Å². The van der Waals surface area contributed by atoms with Crippen LogP contribution in [0, 0.1) is 0 Å². The number of hydrogen-bond donors (Lipinski definition) is 4. The number of carbonyl (C=O) groups is 3. The molecule has 0 spiro atoms. The van der Waals surface area contributed by atoms with Crippen LogP contribution < -0.4 is 16.6 Å². The fraction of sp³-hybridized carbons (Fsp3) is 0.588. The normalized spacial score (nSPS) is 24.1. The first-order valence-corrected chi connectivity index (χ1v) is 8.80. The average Bonchev–Trinajstić information content (AvgIpc) is 2.91. The number of aliphatic hydroxyl groups is 2. The number of aliphatic hydroxyl groups excluding tert-OH is 2. The van der Waals surface area contributed by atoms with Crippen molar-refractivity contribution in [3.63, 3.8) is 0 Å². The molecule has 0 bridgehead atoms. The lowest BCUT2D eigenvalue weighted by molar-refractivity contribution is -0.126. The zero-order chi connectivity index (χ0) is 20.8. The van der Waals surface area contributed by atoms with Crippen LogP contribution in [0.4, 0.5) is 0 Å². The summed E-state index contributed by atoms with van der Waals surface area (Å²) in [4.78, 5) is 59.2. The second kappa shape index (κ2) is 9.53. The van der Waals surface area contributed by atoms with Crippen LogP contribution in [0.2, 0.25) is 0 Å². The molecule has 4 N–H and O–H groups in total. The number of H-pyrrole nitrogens is 1. The summed E-state index contributed by atoms with van der Waals surface area (Å²) in [5.41, 5.74) is -1.41. The Hall–Kier alpha value is -2.63. The summed E-state index contributed by atoms with van der Waals surface area (Å²) in [6.45, 7) is 1.18. The van der Waals surface area contributed by atoms with E-state index in [0.717, 1.165) is 16.8 Å². The molecular formula is C17H23N3O8. The molecule has 11 nitrogen and oxygen atoms in total. The molecule has 0 radical (unpaired) electrons. The first-order chi connectivity index (χ1) is 13.2. The first-order valence-electron chi connectivity index (χ1n) is 8.80. The molecule has 1 aromatic heterocycles. The zero-order valence-electron chi connectivity index (χ0n) is 15.3. The highest BCUT2D eigenvalue weighted by Crippen LogP contribution is 2.30. The minimum absolute atomic E-state index is 0.0420. The van der Waals surface area contributed by atoms with Gasteiger partial charge < -0.3 is 25.1 Å². The maximum absolute atomic E-state index is 11.8. The quantitative estimate of drug-likeness (QED) is 0.371. The van der Waals surface area contributed by atoms with Crippen LogP contribution >= 0.6 is 0 Å². The molecule has 2 rings (SSSR count). The van der Waals surface area contributed by atoms with Crippen molar-refractivity contribution in [2.24, 2.45) is 0 Å². The Morgan fingerprint density at radius 2 is 1.89 bits per heavy atom. The lowest BCUT2D eigenvalue weighted by atomic mass is 10.1. The van der Waals surface area contributed by atoms with Crippen molar-refractivity contribution in [3.8, 4) is 0 Å². The predicted octanol–water partition coefficient (Wildman–Crippen LogP) is -2.01. The van der Waals surface area contributed by atoms with Crippen LogP contribution in [0.5, 0.6) is 0 Å². The summed E-state index contributed by atoms with van der Waals surface area (Å²) in [5, 5.41) is 22.6. The van der Waals surface area contributed by atoms with Crippen molar-refractivity contribution in [1.29, 1.82) is 0 Å². The van der Waals surface area contributed by atoms with Gasteiger partial charge in [0.1, 0.15) is 18.0 Å². The lowest BCUT2D eigenvalue weighted by Crippen LogP contribution is -2.37. The van der Waals surface area contributed by atoms with Gasteiger partial charge >= 0.3 is 5.69 Å². The van der Waals surface area contributed by atoms with Gasteiger partial charge in [0.2, 0.25) is 5.91 Å². The number of ketones is 2. The van der Waals surface area contributed by atoms with Crippen LogP contribution in [0.1, 0.15) is 38.8 Å². The largest absolute Gasteiger partial charge is 0.388 e. The van der Waals surface area contributed by atoms with Crippen molar-refractivity contribution < 1.29 is 29.3 Å². The van der Waals surface area contributed by atoms with Gasteiger partial charge in [-0.2, -0.15) is 0 Å². The maximum Gasteiger partial charge on any atom is 0.330 e. The van der Waals surface area contributed by atoms with Crippen molar-refractivity contribution >= 4 is 17.5 Å². The van der Waals surface area contributed by atoms with E-state index >= 15 is 0 Å². The Kier molecular flexibility index (Phi) is 7.38. The number of nitrogens with one attached hydrogen (secondary N) is 2. The third-order valence-corrected chi connectivity index (χ3v) is 4.36. The van der Waals surface area contributed by atoms with Crippen molar-refractivity contribution in [3.05, 3.63) is 33.1 Å². The summed E-state index contributed by atoms with van der Waals surface area (Å²) in [6, 6.07) is 1.08. The van der Waals surface area contributed by atoms with Gasteiger partial charge in [-0.25, -0.2) is 4.79 Å². The number of ether oxygens (including phenoxy) is 1. The van der Waals surface area contributed by atoms with Gasteiger partial charge in [-0.3, -0.25) is 23.9 Å². The summed E-state index contributed by atoms with van der Waals surface area (Å²) in [5.74, 6) is -0.832. The third kappa shape index (κ3) is 5.68. The fourth-order valence-corrected chi connectivity index (χ4v) is 2.79. The minimum Gasteiger partial charge on any atom is -0.388 e. The monoisotopic (exact) mass is 397 g/mol.